The number of hydrogen-bond acceptors (Lipinski definition) is 7. The van der Waals surface area contributed by atoms with Crippen LogP contribution in [0.2, 0.25) is 0 Å². The molecule has 2 heterocycles. The maximum Gasteiger partial charge on any atom is 0.269 e. The molecule has 10 heteroatoms. The first kappa shape index (κ1) is 26.4. The zero-order valence-corrected chi connectivity index (χ0v) is 22.2. The van der Waals surface area contributed by atoms with Crippen molar-refractivity contribution in [2.75, 3.05) is 12.8 Å². The first-order valence-corrected chi connectivity index (χ1v) is 13.5. The first-order chi connectivity index (χ1) is 18.9. The molecule has 1 aliphatic carbocycles. The van der Waals surface area contributed by atoms with Gasteiger partial charge in [0.1, 0.15) is 33.9 Å². The van der Waals surface area contributed by atoms with Gasteiger partial charge < -0.3 is 25.1 Å². The molecule has 1 unspecified atom stereocenters. The lowest BCUT2D eigenvalue weighted by atomic mass is 10.0. The summed E-state index contributed by atoms with van der Waals surface area (Å²) in [5.74, 6) is 0.0145. The number of furan rings is 1. The Balaban J connectivity index is 1.55. The Morgan fingerprint density at radius 3 is 2.51 bits per heavy atom. The summed E-state index contributed by atoms with van der Waals surface area (Å²) in [6.45, 7) is 0.0316. The number of nitrogens with zero attached hydrogens (tertiary/aromatic N) is 2. The van der Waals surface area contributed by atoms with Gasteiger partial charge in [-0.1, -0.05) is 25.0 Å². The highest BCUT2D eigenvalue weighted by atomic mass is 32.1. The third-order valence-electron chi connectivity index (χ3n) is 6.90. The average Bonchev–Trinajstić information content (AvgIpc) is 3.72. The normalized spacial score (nSPS) is 14.2. The van der Waals surface area contributed by atoms with Crippen molar-refractivity contribution >= 4 is 29.0 Å². The molecule has 8 nitrogen and oxygen atoms in total. The van der Waals surface area contributed by atoms with Crippen LogP contribution < -0.4 is 15.8 Å². The maximum absolute atomic E-state index is 14.2. The van der Waals surface area contributed by atoms with Crippen molar-refractivity contribution in [1.29, 1.82) is 0 Å². The van der Waals surface area contributed by atoms with Crippen molar-refractivity contribution in [2.45, 2.75) is 44.3 Å². The van der Waals surface area contributed by atoms with Gasteiger partial charge in [0.2, 0.25) is 5.91 Å². The predicted molar refractivity (Wildman–Crippen MR) is 147 cm³/mol. The zero-order valence-electron chi connectivity index (χ0n) is 21.4. The van der Waals surface area contributed by atoms with E-state index in [0.29, 0.717) is 28.3 Å². The highest BCUT2D eigenvalue weighted by Gasteiger charge is 2.36. The number of nitrogens with one attached hydrogen (secondary N) is 1. The Bertz CT molecular complexity index is 1410. The molecule has 1 fully saturated rings. The molecule has 2 amide bonds. The van der Waals surface area contributed by atoms with Gasteiger partial charge in [-0.15, -0.1) is 0 Å². The van der Waals surface area contributed by atoms with E-state index in [0.717, 1.165) is 37.2 Å². The minimum Gasteiger partial charge on any atom is -0.497 e. The number of amides is 2. The van der Waals surface area contributed by atoms with E-state index in [4.69, 9.17) is 14.9 Å². The van der Waals surface area contributed by atoms with Gasteiger partial charge in [0.05, 0.1) is 25.6 Å². The standard InChI is InChI=1S/C29H29FN4O4S/c1-37-22-14-10-19(11-15-22)26(28(35)32-21-5-2-3-6-21)34(17-23-7-4-16-38-23)29(36)27-24(31)25(33-39-27)18-8-12-20(30)13-9-18/h4,7-16,21,26H,2-3,5-6,17,31H2,1H3,(H,32,35). The van der Waals surface area contributed by atoms with Gasteiger partial charge in [0, 0.05) is 11.6 Å². The van der Waals surface area contributed by atoms with Gasteiger partial charge in [-0.25, -0.2) is 4.39 Å². The van der Waals surface area contributed by atoms with E-state index >= 15 is 0 Å². The van der Waals surface area contributed by atoms with Crippen molar-refractivity contribution in [3.05, 3.63) is 88.9 Å². The second-order valence-corrected chi connectivity index (χ2v) is 10.2. The minimum atomic E-state index is -0.968. The van der Waals surface area contributed by atoms with E-state index in [1.54, 1.807) is 55.6 Å². The number of halogens is 1. The average molecular weight is 549 g/mol. The van der Waals surface area contributed by atoms with E-state index in [1.807, 2.05) is 0 Å². The molecule has 4 aromatic rings. The summed E-state index contributed by atoms with van der Waals surface area (Å²) >= 11 is 0.945. The van der Waals surface area contributed by atoms with Gasteiger partial charge in [-0.3, -0.25) is 9.59 Å². The molecule has 2 aromatic heterocycles. The third kappa shape index (κ3) is 5.80. The van der Waals surface area contributed by atoms with Crippen molar-refractivity contribution in [1.82, 2.24) is 14.6 Å². The fourth-order valence-electron chi connectivity index (χ4n) is 4.86. The van der Waals surface area contributed by atoms with E-state index in [-0.39, 0.29) is 34.9 Å². The lowest BCUT2D eigenvalue weighted by Crippen LogP contribution is -2.45. The monoisotopic (exact) mass is 548 g/mol. The fraction of sp³-hybridized carbons (Fsp3) is 0.276. The van der Waals surface area contributed by atoms with Crippen LogP contribution in [0, 0.1) is 5.82 Å². The SMILES string of the molecule is COc1ccc(C(C(=O)NC2CCCC2)N(Cc2ccco2)C(=O)c2snc(-c3ccc(F)cc3)c2N)cc1. The molecular formula is C29H29FN4O4S. The summed E-state index contributed by atoms with van der Waals surface area (Å²) in [6, 6.07) is 15.4. The molecule has 0 saturated heterocycles. The van der Waals surface area contributed by atoms with Gasteiger partial charge in [0.25, 0.3) is 5.91 Å². The zero-order chi connectivity index (χ0) is 27.4. The van der Waals surface area contributed by atoms with Gasteiger partial charge >= 0.3 is 0 Å². The Kier molecular flexibility index (Phi) is 7.92. The summed E-state index contributed by atoms with van der Waals surface area (Å²) in [4.78, 5) is 29.7. The number of carbonyl (C=O) groups excluding carboxylic acids is 2. The van der Waals surface area contributed by atoms with Crippen LogP contribution in [0.1, 0.15) is 52.7 Å². The molecular weight excluding hydrogens is 519 g/mol. The first-order valence-electron chi connectivity index (χ1n) is 12.7. The summed E-state index contributed by atoms with van der Waals surface area (Å²) in [7, 11) is 1.57. The molecule has 0 spiro atoms. The largest absolute Gasteiger partial charge is 0.497 e. The molecule has 202 valence electrons. The molecule has 39 heavy (non-hydrogen) atoms. The number of carbonyl (C=O) groups is 2. The van der Waals surface area contributed by atoms with Gasteiger partial charge in [-0.2, -0.15) is 4.37 Å². The molecule has 3 N–H and O–H groups in total. The Labute approximate surface area is 229 Å². The Morgan fingerprint density at radius 2 is 1.87 bits per heavy atom. The van der Waals surface area contributed by atoms with Crippen LogP contribution in [0.3, 0.4) is 0 Å². The van der Waals surface area contributed by atoms with Crippen LogP contribution in [0.4, 0.5) is 10.1 Å². The van der Waals surface area contributed by atoms with Gasteiger partial charge in [-0.05, 0) is 78.5 Å². The van der Waals surface area contributed by atoms with Crippen LogP contribution in [-0.4, -0.2) is 34.2 Å². The molecule has 1 atom stereocenters. The van der Waals surface area contributed by atoms with Crippen molar-refractivity contribution in [2.24, 2.45) is 0 Å². The summed E-state index contributed by atoms with van der Waals surface area (Å²) in [5, 5.41) is 3.15. The third-order valence-corrected chi connectivity index (χ3v) is 7.75. The Morgan fingerprint density at radius 1 is 1.15 bits per heavy atom. The number of nitrogens with two attached hydrogens (primary N) is 1. The predicted octanol–water partition coefficient (Wildman–Crippen LogP) is 5.58. The van der Waals surface area contributed by atoms with Crippen molar-refractivity contribution in [3.63, 3.8) is 0 Å². The number of aromatic nitrogens is 1. The maximum atomic E-state index is 14.2. The van der Waals surface area contributed by atoms with E-state index < -0.39 is 11.9 Å². The van der Waals surface area contributed by atoms with E-state index in [2.05, 4.69) is 9.69 Å². The molecule has 0 bridgehead atoms. The van der Waals surface area contributed by atoms with Crippen LogP contribution in [-0.2, 0) is 11.3 Å². The summed E-state index contributed by atoms with van der Waals surface area (Å²) in [6.07, 6.45) is 5.42. The van der Waals surface area contributed by atoms with Crippen LogP contribution in [0.25, 0.3) is 11.3 Å². The molecule has 2 aromatic carbocycles. The van der Waals surface area contributed by atoms with E-state index in [9.17, 15) is 14.0 Å². The quantitative estimate of drug-likeness (QED) is 0.283. The van der Waals surface area contributed by atoms with E-state index in [1.165, 1.54) is 23.3 Å². The lowest BCUT2D eigenvalue weighted by Gasteiger charge is -2.31. The number of nitrogen functional groups attached to an aromatic ring is 1. The molecule has 5 rings (SSSR count). The smallest absolute Gasteiger partial charge is 0.269 e. The molecule has 0 radical (unpaired) electrons. The molecule has 0 aliphatic heterocycles. The van der Waals surface area contributed by atoms with Gasteiger partial charge in [0.15, 0.2) is 0 Å². The fourth-order valence-corrected chi connectivity index (χ4v) is 5.63. The number of rotatable bonds is 9. The van der Waals surface area contributed by atoms with Crippen molar-refractivity contribution in [3.8, 4) is 17.0 Å². The summed E-state index contributed by atoms with van der Waals surface area (Å²) in [5.41, 5.74) is 8.20. The molecule has 1 aliphatic rings. The van der Waals surface area contributed by atoms with Crippen LogP contribution >= 0.6 is 11.5 Å². The number of ether oxygens (including phenoxy) is 1. The number of hydrogen-bond donors (Lipinski definition) is 2. The highest BCUT2D eigenvalue weighted by Crippen LogP contribution is 2.35. The van der Waals surface area contributed by atoms with Crippen LogP contribution in [0.5, 0.6) is 5.75 Å². The second-order valence-electron chi connectivity index (χ2n) is 9.46. The van der Waals surface area contributed by atoms with Crippen molar-refractivity contribution < 1.29 is 23.1 Å². The summed E-state index contributed by atoms with van der Waals surface area (Å²) < 4.78 is 28.8. The second kappa shape index (κ2) is 11.7. The Hall–Kier alpha value is -4.18. The number of methoxy groups -OCH3 is 1. The minimum absolute atomic E-state index is 0.0316. The topological polar surface area (TPSA) is 111 Å². The highest BCUT2D eigenvalue weighted by molar-refractivity contribution is 7.09. The number of anilines is 1. The van der Waals surface area contributed by atoms with Crippen LogP contribution in [0.15, 0.2) is 71.3 Å². The lowest BCUT2D eigenvalue weighted by molar-refractivity contribution is -0.126. The number of benzene rings is 2. The molecule has 1 saturated carbocycles.